The van der Waals surface area contributed by atoms with E-state index in [1.165, 1.54) is 32.7 Å². The smallest absolute Gasteiger partial charge is 0.147 e. The third-order valence-corrected chi connectivity index (χ3v) is 9.66. The zero-order valence-corrected chi connectivity index (χ0v) is 26.0. The van der Waals surface area contributed by atoms with Gasteiger partial charge in [0.2, 0.25) is 0 Å². The van der Waals surface area contributed by atoms with E-state index in [1.807, 2.05) is 12.1 Å². The van der Waals surface area contributed by atoms with E-state index in [0.29, 0.717) is 0 Å². The quantitative estimate of drug-likeness (QED) is 0.185. The molecule has 0 bridgehead atoms. The van der Waals surface area contributed by atoms with Gasteiger partial charge in [0.05, 0.1) is 5.39 Å². The molecule has 2 nitrogen and oxygen atoms in total. The predicted molar refractivity (Wildman–Crippen MR) is 200 cm³/mol. The SMILES string of the molecule is c1ccc(-c2oc3c(cc(-c4c5ccccc5c(-c5ccccc5)c5ccccc45)c4oc5ccccc5c43)c2-c2ccccc2)cc1. The number of fused-ring (bicyclic) bond motifs is 7. The van der Waals surface area contributed by atoms with Crippen molar-refractivity contribution in [2.75, 3.05) is 0 Å². The highest BCUT2D eigenvalue weighted by molar-refractivity contribution is 6.29. The summed E-state index contributed by atoms with van der Waals surface area (Å²) in [6.45, 7) is 0. The van der Waals surface area contributed by atoms with Crippen molar-refractivity contribution in [1.82, 2.24) is 0 Å². The molecule has 0 unspecified atom stereocenters. The van der Waals surface area contributed by atoms with Crippen LogP contribution in [0.1, 0.15) is 0 Å². The molecule has 2 heteroatoms. The van der Waals surface area contributed by atoms with E-state index in [9.17, 15) is 0 Å². The second-order valence-electron chi connectivity index (χ2n) is 12.3. The Bertz CT molecular complexity index is 2750. The zero-order valence-electron chi connectivity index (χ0n) is 26.0. The largest absolute Gasteiger partial charge is 0.455 e. The summed E-state index contributed by atoms with van der Waals surface area (Å²) >= 11 is 0. The minimum absolute atomic E-state index is 0.833. The van der Waals surface area contributed by atoms with Crippen molar-refractivity contribution in [2.24, 2.45) is 0 Å². The van der Waals surface area contributed by atoms with E-state index in [2.05, 4.69) is 158 Å². The highest BCUT2D eigenvalue weighted by Gasteiger charge is 2.27. The lowest BCUT2D eigenvalue weighted by molar-refractivity contribution is 0.634. The van der Waals surface area contributed by atoms with E-state index in [1.54, 1.807) is 0 Å². The highest BCUT2D eigenvalue weighted by atomic mass is 16.3. The Morgan fingerprint density at radius 1 is 0.312 bits per heavy atom. The third-order valence-electron chi connectivity index (χ3n) is 9.66. The van der Waals surface area contributed by atoms with E-state index in [4.69, 9.17) is 8.83 Å². The van der Waals surface area contributed by atoms with Crippen molar-refractivity contribution in [1.29, 1.82) is 0 Å². The minimum Gasteiger partial charge on any atom is -0.455 e. The molecule has 0 atom stereocenters. The molecule has 10 aromatic rings. The van der Waals surface area contributed by atoms with Crippen molar-refractivity contribution in [2.45, 2.75) is 0 Å². The normalized spacial score (nSPS) is 11.8. The van der Waals surface area contributed by atoms with E-state index < -0.39 is 0 Å². The second kappa shape index (κ2) is 10.6. The summed E-state index contributed by atoms with van der Waals surface area (Å²) < 4.78 is 13.9. The monoisotopic (exact) mass is 612 g/mol. The molecule has 0 aliphatic heterocycles. The van der Waals surface area contributed by atoms with Gasteiger partial charge in [-0.1, -0.05) is 158 Å². The van der Waals surface area contributed by atoms with Gasteiger partial charge in [0.15, 0.2) is 0 Å². The minimum atomic E-state index is 0.833. The van der Waals surface area contributed by atoms with E-state index in [-0.39, 0.29) is 0 Å². The van der Waals surface area contributed by atoms with Gasteiger partial charge in [-0.05, 0) is 50.4 Å². The van der Waals surface area contributed by atoms with Gasteiger partial charge in [0, 0.05) is 33.0 Å². The van der Waals surface area contributed by atoms with Crippen LogP contribution in [-0.4, -0.2) is 0 Å². The molecule has 0 N–H and O–H groups in total. The molecule has 0 spiro atoms. The molecule has 0 aliphatic carbocycles. The highest BCUT2D eigenvalue weighted by Crippen LogP contribution is 2.51. The molecule has 2 aromatic heterocycles. The lowest BCUT2D eigenvalue weighted by Gasteiger charge is -2.18. The molecule has 224 valence electrons. The van der Waals surface area contributed by atoms with Crippen LogP contribution in [0.5, 0.6) is 0 Å². The van der Waals surface area contributed by atoms with Crippen molar-refractivity contribution in [3.8, 4) is 44.7 Å². The molecule has 0 saturated carbocycles. The van der Waals surface area contributed by atoms with Crippen LogP contribution in [-0.2, 0) is 0 Å². The average molecular weight is 613 g/mol. The second-order valence-corrected chi connectivity index (χ2v) is 12.3. The Morgan fingerprint density at radius 2 is 0.771 bits per heavy atom. The maximum atomic E-state index is 7.00. The molecule has 0 amide bonds. The lowest BCUT2D eigenvalue weighted by atomic mass is 9.85. The van der Waals surface area contributed by atoms with Crippen molar-refractivity contribution >= 4 is 54.5 Å². The first-order valence-corrected chi connectivity index (χ1v) is 16.4. The van der Waals surface area contributed by atoms with Gasteiger partial charge in [0.1, 0.15) is 22.5 Å². The van der Waals surface area contributed by atoms with Crippen LogP contribution in [0.3, 0.4) is 0 Å². The van der Waals surface area contributed by atoms with Gasteiger partial charge in [0.25, 0.3) is 0 Å². The fraction of sp³-hybridized carbons (Fsp3) is 0. The summed E-state index contributed by atoms with van der Waals surface area (Å²) in [6, 6.07) is 60.0. The van der Waals surface area contributed by atoms with Crippen LogP contribution in [0.25, 0.3) is 99.2 Å². The van der Waals surface area contributed by atoms with Crippen molar-refractivity contribution in [3.63, 3.8) is 0 Å². The van der Waals surface area contributed by atoms with Crippen molar-refractivity contribution < 1.29 is 8.83 Å². The predicted octanol–water partition coefficient (Wildman–Crippen LogP) is 13.3. The maximum Gasteiger partial charge on any atom is 0.147 e. The number of para-hydroxylation sites is 1. The Hall–Kier alpha value is -6.38. The Morgan fingerprint density at radius 3 is 1.35 bits per heavy atom. The zero-order chi connectivity index (χ0) is 31.6. The number of furan rings is 2. The maximum absolute atomic E-state index is 7.00. The lowest BCUT2D eigenvalue weighted by Crippen LogP contribution is -1.91. The Labute approximate surface area is 277 Å². The van der Waals surface area contributed by atoms with E-state index in [0.717, 1.165) is 66.5 Å². The summed E-state index contributed by atoms with van der Waals surface area (Å²) in [7, 11) is 0. The Kier molecular flexibility index (Phi) is 5.91. The van der Waals surface area contributed by atoms with Gasteiger partial charge < -0.3 is 8.83 Å². The molecule has 0 radical (unpaired) electrons. The molecule has 0 fully saturated rings. The Balaban J connectivity index is 1.43. The van der Waals surface area contributed by atoms with E-state index >= 15 is 0 Å². The summed E-state index contributed by atoms with van der Waals surface area (Å²) in [5.74, 6) is 0.856. The third kappa shape index (κ3) is 3.93. The van der Waals surface area contributed by atoms with Gasteiger partial charge >= 0.3 is 0 Å². The first kappa shape index (κ1) is 26.8. The standard InChI is InChI=1S/C46H28O2/c1-4-16-29(17-5-1)40-32-22-10-12-24-34(32)42(35-25-13-11-23-33(35)40)38-28-37-41(30-18-6-2-7-19-30)44(31-20-8-3-9-21-31)48-46(37)43-36-26-14-15-27-39(36)47-45(38)43/h1-28H. The molecular formula is C46H28O2. The summed E-state index contributed by atoms with van der Waals surface area (Å²) in [5, 5.41) is 7.90. The van der Waals surface area contributed by atoms with Crippen LogP contribution in [0, 0.1) is 0 Å². The summed E-state index contributed by atoms with van der Waals surface area (Å²) in [6.07, 6.45) is 0. The molecule has 10 rings (SSSR count). The van der Waals surface area contributed by atoms with Gasteiger partial charge in [-0.3, -0.25) is 0 Å². The van der Waals surface area contributed by atoms with Crippen LogP contribution >= 0.6 is 0 Å². The number of rotatable bonds is 4. The van der Waals surface area contributed by atoms with Crippen LogP contribution in [0.2, 0.25) is 0 Å². The topological polar surface area (TPSA) is 26.3 Å². The number of benzene rings is 8. The van der Waals surface area contributed by atoms with Gasteiger partial charge in [-0.2, -0.15) is 0 Å². The summed E-state index contributed by atoms with van der Waals surface area (Å²) in [4.78, 5) is 0. The van der Waals surface area contributed by atoms with Crippen LogP contribution in [0.15, 0.2) is 179 Å². The van der Waals surface area contributed by atoms with Crippen LogP contribution < -0.4 is 0 Å². The number of hydrogen-bond acceptors (Lipinski definition) is 2. The molecule has 2 heterocycles. The van der Waals surface area contributed by atoms with Crippen LogP contribution in [0.4, 0.5) is 0 Å². The number of hydrogen-bond donors (Lipinski definition) is 0. The first-order valence-electron chi connectivity index (χ1n) is 16.4. The van der Waals surface area contributed by atoms with Gasteiger partial charge in [-0.25, -0.2) is 0 Å². The molecular weight excluding hydrogens is 585 g/mol. The van der Waals surface area contributed by atoms with Crippen molar-refractivity contribution in [3.05, 3.63) is 170 Å². The molecule has 48 heavy (non-hydrogen) atoms. The fourth-order valence-electron chi connectivity index (χ4n) is 7.64. The first-order chi connectivity index (χ1) is 23.8. The average Bonchev–Trinajstić information content (AvgIpc) is 3.74. The molecule has 8 aromatic carbocycles. The van der Waals surface area contributed by atoms with Gasteiger partial charge in [-0.15, -0.1) is 0 Å². The fourth-order valence-corrected chi connectivity index (χ4v) is 7.64. The summed E-state index contributed by atoms with van der Waals surface area (Å²) in [5.41, 5.74) is 10.4. The molecule has 0 aliphatic rings. The molecule has 0 saturated heterocycles.